The topological polar surface area (TPSA) is 30.5 Å². The fraction of sp³-hybridized carbons (Fsp3) is 1.00. The minimum Gasteiger partial charge on any atom is -0.379 e. The second kappa shape index (κ2) is 7.20. The molecule has 1 saturated carbocycles. The van der Waals surface area contributed by atoms with Crippen molar-refractivity contribution >= 4 is 0 Å². The third-order valence-electron chi connectivity index (χ3n) is 3.10. The van der Waals surface area contributed by atoms with Gasteiger partial charge >= 0.3 is 0 Å². The highest BCUT2D eigenvalue weighted by Crippen LogP contribution is 2.30. The van der Waals surface area contributed by atoms with E-state index in [0.29, 0.717) is 0 Å². The quantitative estimate of drug-likeness (QED) is 0.659. The zero-order valence-electron chi connectivity index (χ0n) is 10.2. The van der Waals surface area contributed by atoms with E-state index >= 15 is 0 Å². The molecule has 0 spiro atoms. The summed E-state index contributed by atoms with van der Waals surface area (Å²) in [6, 6.07) is 0. The molecule has 0 aromatic rings. The second-order valence-corrected chi connectivity index (χ2v) is 4.32. The molecule has 15 heavy (non-hydrogen) atoms. The summed E-state index contributed by atoms with van der Waals surface area (Å²) in [4.78, 5) is 0. The summed E-state index contributed by atoms with van der Waals surface area (Å²) in [5, 5.41) is 3.25. The molecule has 3 nitrogen and oxygen atoms in total. The van der Waals surface area contributed by atoms with Crippen molar-refractivity contribution in [2.75, 3.05) is 33.4 Å². The van der Waals surface area contributed by atoms with Crippen LogP contribution < -0.4 is 5.32 Å². The normalized spacial score (nSPS) is 20.4. The van der Waals surface area contributed by atoms with Crippen LogP contribution in [-0.2, 0) is 9.47 Å². The van der Waals surface area contributed by atoms with Gasteiger partial charge in [-0.25, -0.2) is 0 Å². The summed E-state index contributed by atoms with van der Waals surface area (Å²) in [5.74, 6) is 0. The lowest BCUT2D eigenvalue weighted by Gasteiger charge is -2.37. The summed E-state index contributed by atoms with van der Waals surface area (Å²) < 4.78 is 11.3. The lowest BCUT2D eigenvalue weighted by molar-refractivity contribution is -0.0845. The number of nitrogens with one attached hydrogen (secondary N) is 1. The highest BCUT2D eigenvalue weighted by molar-refractivity contribution is 4.86. The molecule has 0 atom stereocenters. The first-order valence-corrected chi connectivity index (χ1v) is 6.19. The molecule has 0 amide bonds. The largest absolute Gasteiger partial charge is 0.379 e. The molecule has 90 valence electrons. The van der Waals surface area contributed by atoms with Gasteiger partial charge in [0.25, 0.3) is 0 Å². The first kappa shape index (κ1) is 12.9. The van der Waals surface area contributed by atoms with Crippen LogP contribution in [0.2, 0.25) is 0 Å². The van der Waals surface area contributed by atoms with Crippen LogP contribution in [0.15, 0.2) is 0 Å². The number of ether oxygens (including phenoxy) is 2. The van der Waals surface area contributed by atoms with E-state index in [0.717, 1.165) is 26.4 Å². The zero-order valence-corrected chi connectivity index (χ0v) is 10.2. The summed E-state index contributed by atoms with van der Waals surface area (Å²) in [6.45, 7) is 5.23. The molecule has 1 rings (SSSR count). The van der Waals surface area contributed by atoms with Crippen LogP contribution in [0.4, 0.5) is 0 Å². The van der Waals surface area contributed by atoms with Gasteiger partial charge in [0, 0.05) is 13.2 Å². The van der Waals surface area contributed by atoms with Gasteiger partial charge in [0.1, 0.15) is 0 Å². The van der Waals surface area contributed by atoms with Gasteiger partial charge in [0.15, 0.2) is 0 Å². The maximum Gasteiger partial charge on any atom is 0.0807 e. The molecule has 1 aliphatic rings. The van der Waals surface area contributed by atoms with Gasteiger partial charge in [-0.15, -0.1) is 0 Å². The molecule has 0 aromatic carbocycles. The Labute approximate surface area is 93.5 Å². The van der Waals surface area contributed by atoms with Crippen molar-refractivity contribution in [1.82, 2.24) is 5.32 Å². The molecule has 0 saturated heterocycles. The van der Waals surface area contributed by atoms with E-state index in [1.54, 1.807) is 0 Å². The summed E-state index contributed by atoms with van der Waals surface area (Å²) in [5.41, 5.74) is 0.0874. The third kappa shape index (κ3) is 4.49. The third-order valence-corrected chi connectivity index (χ3v) is 3.10. The molecule has 0 aromatic heterocycles. The van der Waals surface area contributed by atoms with E-state index in [4.69, 9.17) is 9.47 Å². The van der Waals surface area contributed by atoms with Crippen molar-refractivity contribution in [1.29, 1.82) is 0 Å². The van der Waals surface area contributed by atoms with Crippen molar-refractivity contribution in [3.05, 3.63) is 0 Å². The summed E-state index contributed by atoms with van der Waals surface area (Å²) >= 11 is 0. The molecule has 1 aliphatic carbocycles. The fourth-order valence-electron chi connectivity index (χ4n) is 2.35. The minimum atomic E-state index is 0.0874. The molecule has 0 radical (unpaired) electrons. The van der Waals surface area contributed by atoms with Gasteiger partial charge < -0.3 is 14.8 Å². The van der Waals surface area contributed by atoms with Crippen LogP contribution in [0, 0.1) is 0 Å². The predicted octanol–water partition coefficient (Wildman–Crippen LogP) is 1.96. The predicted molar refractivity (Wildman–Crippen MR) is 62.2 cm³/mol. The molecule has 3 heteroatoms. The van der Waals surface area contributed by atoms with E-state index in [2.05, 4.69) is 5.32 Å². The van der Waals surface area contributed by atoms with Crippen molar-refractivity contribution < 1.29 is 9.47 Å². The average Bonchev–Trinajstić information content (AvgIpc) is 2.26. The summed E-state index contributed by atoms with van der Waals surface area (Å²) in [7, 11) is 2.00. The Morgan fingerprint density at radius 2 is 1.87 bits per heavy atom. The Morgan fingerprint density at radius 1 is 1.13 bits per heavy atom. The molecular formula is C12H25NO2. The lowest BCUT2D eigenvalue weighted by Crippen LogP contribution is -2.44. The second-order valence-electron chi connectivity index (χ2n) is 4.32. The monoisotopic (exact) mass is 215 g/mol. The Morgan fingerprint density at radius 3 is 2.47 bits per heavy atom. The first-order valence-electron chi connectivity index (χ1n) is 6.19. The van der Waals surface area contributed by atoms with Gasteiger partial charge in [-0.2, -0.15) is 0 Å². The van der Waals surface area contributed by atoms with E-state index in [1.165, 1.54) is 32.1 Å². The maximum absolute atomic E-state index is 6.03. The Bertz CT molecular complexity index is 150. The molecule has 0 unspecified atom stereocenters. The maximum atomic E-state index is 6.03. The van der Waals surface area contributed by atoms with Crippen LogP contribution in [0.5, 0.6) is 0 Å². The van der Waals surface area contributed by atoms with Crippen LogP contribution in [0.1, 0.15) is 39.0 Å². The number of hydrogen-bond donors (Lipinski definition) is 1. The van der Waals surface area contributed by atoms with Gasteiger partial charge in [-0.1, -0.05) is 19.3 Å². The fourth-order valence-corrected chi connectivity index (χ4v) is 2.35. The number of rotatable bonds is 7. The van der Waals surface area contributed by atoms with Gasteiger partial charge in [-0.05, 0) is 26.8 Å². The SMILES string of the molecule is CCOCCOC1(CNC)CCCCC1. The van der Waals surface area contributed by atoms with E-state index in [-0.39, 0.29) is 5.60 Å². The molecular weight excluding hydrogens is 190 g/mol. The first-order chi connectivity index (χ1) is 7.33. The highest BCUT2D eigenvalue weighted by atomic mass is 16.5. The van der Waals surface area contributed by atoms with Crippen molar-refractivity contribution in [3.8, 4) is 0 Å². The van der Waals surface area contributed by atoms with E-state index in [9.17, 15) is 0 Å². The zero-order chi connectivity index (χ0) is 11.0. The van der Waals surface area contributed by atoms with E-state index < -0.39 is 0 Å². The average molecular weight is 215 g/mol. The van der Waals surface area contributed by atoms with Crippen molar-refractivity contribution in [3.63, 3.8) is 0 Å². The molecule has 0 aliphatic heterocycles. The molecule has 1 fully saturated rings. The Balaban J connectivity index is 2.28. The van der Waals surface area contributed by atoms with Crippen LogP contribution in [0.25, 0.3) is 0 Å². The van der Waals surface area contributed by atoms with Crippen LogP contribution in [0.3, 0.4) is 0 Å². The molecule has 0 heterocycles. The lowest BCUT2D eigenvalue weighted by atomic mass is 9.84. The smallest absolute Gasteiger partial charge is 0.0807 e. The van der Waals surface area contributed by atoms with Gasteiger partial charge in [-0.3, -0.25) is 0 Å². The minimum absolute atomic E-state index is 0.0874. The van der Waals surface area contributed by atoms with E-state index in [1.807, 2.05) is 14.0 Å². The number of likely N-dealkylation sites (N-methyl/N-ethyl adjacent to an activating group) is 1. The molecule has 1 N–H and O–H groups in total. The molecule has 0 bridgehead atoms. The van der Waals surface area contributed by atoms with Gasteiger partial charge in [0.2, 0.25) is 0 Å². The Kier molecular flexibility index (Phi) is 6.22. The Hall–Kier alpha value is -0.120. The van der Waals surface area contributed by atoms with Gasteiger partial charge in [0.05, 0.1) is 18.8 Å². The van der Waals surface area contributed by atoms with Crippen LogP contribution in [-0.4, -0.2) is 39.0 Å². The standard InChI is InChI=1S/C12H25NO2/c1-3-14-9-10-15-12(11-13-2)7-5-4-6-8-12/h13H,3-11H2,1-2H3. The van der Waals surface area contributed by atoms with Crippen molar-refractivity contribution in [2.45, 2.75) is 44.6 Å². The number of hydrogen-bond acceptors (Lipinski definition) is 3. The summed E-state index contributed by atoms with van der Waals surface area (Å²) in [6.07, 6.45) is 6.35. The highest BCUT2D eigenvalue weighted by Gasteiger charge is 2.31. The van der Waals surface area contributed by atoms with Crippen LogP contribution >= 0.6 is 0 Å². The van der Waals surface area contributed by atoms with Crippen molar-refractivity contribution in [2.24, 2.45) is 0 Å².